The molecule has 2 rings (SSSR count). The van der Waals surface area contributed by atoms with Crippen LogP contribution in [0.15, 0.2) is 5.38 Å². The number of methoxy groups -OCH3 is 2. The number of rotatable bonds is 4. The molecule has 0 unspecified atom stereocenters. The molecule has 0 aliphatic heterocycles. The third kappa shape index (κ3) is 3.53. The number of hydrogen-bond acceptors (Lipinski definition) is 4. The van der Waals surface area contributed by atoms with Gasteiger partial charge < -0.3 is 9.47 Å². The van der Waals surface area contributed by atoms with E-state index in [4.69, 9.17) is 14.5 Å². The van der Waals surface area contributed by atoms with Crippen LogP contribution in [0.1, 0.15) is 67.9 Å². The minimum atomic E-state index is -0.316. The Morgan fingerprint density at radius 3 is 2.33 bits per heavy atom. The van der Waals surface area contributed by atoms with Crippen LogP contribution in [-0.4, -0.2) is 19.2 Å². The summed E-state index contributed by atoms with van der Waals surface area (Å²) < 4.78 is 10.5. The van der Waals surface area contributed by atoms with Crippen LogP contribution in [0.25, 0.3) is 0 Å². The van der Waals surface area contributed by atoms with Crippen LogP contribution in [-0.2, 0) is 9.47 Å². The highest BCUT2D eigenvalue weighted by Crippen LogP contribution is 2.33. The molecule has 1 aromatic heterocycles. The number of nitrogens with zero attached hydrogens (tertiary/aromatic N) is 1. The molecule has 1 heterocycles. The van der Waals surface area contributed by atoms with E-state index in [9.17, 15) is 0 Å². The second kappa shape index (κ2) is 7.22. The van der Waals surface area contributed by atoms with Crippen LogP contribution in [0.5, 0.6) is 0 Å². The van der Waals surface area contributed by atoms with Crippen molar-refractivity contribution in [1.29, 1.82) is 0 Å². The minimum Gasteiger partial charge on any atom is -0.350 e. The van der Waals surface area contributed by atoms with E-state index in [0.29, 0.717) is 5.92 Å². The first kappa shape index (κ1) is 14.0. The van der Waals surface area contributed by atoms with Gasteiger partial charge in [0.05, 0.1) is 5.01 Å². The van der Waals surface area contributed by atoms with Gasteiger partial charge in [0.1, 0.15) is 5.69 Å². The van der Waals surface area contributed by atoms with Gasteiger partial charge in [-0.15, -0.1) is 11.3 Å². The second-order valence-corrected chi connectivity index (χ2v) is 5.85. The maximum Gasteiger partial charge on any atom is 0.201 e. The van der Waals surface area contributed by atoms with Gasteiger partial charge in [-0.2, -0.15) is 0 Å². The molecule has 0 atom stereocenters. The molecule has 0 aromatic carbocycles. The standard InChI is InChI=1S/C14H23NO2S/c1-16-14(17-2)12-10-18-13(15-12)11-8-6-4-3-5-7-9-11/h10-11,14H,3-9H2,1-2H3. The minimum absolute atomic E-state index is 0.316. The molecule has 0 saturated heterocycles. The van der Waals surface area contributed by atoms with Gasteiger partial charge in [-0.05, 0) is 12.8 Å². The first-order valence-electron chi connectivity index (χ1n) is 6.86. The molecule has 0 amide bonds. The number of thiazole rings is 1. The number of aromatic nitrogens is 1. The van der Waals surface area contributed by atoms with Crippen molar-refractivity contribution >= 4 is 11.3 Å². The lowest BCUT2D eigenvalue weighted by atomic mass is 9.92. The largest absolute Gasteiger partial charge is 0.350 e. The van der Waals surface area contributed by atoms with Gasteiger partial charge in [0.25, 0.3) is 0 Å². The fourth-order valence-electron chi connectivity index (χ4n) is 2.64. The van der Waals surface area contributed by atoms with Crippen LogP contribution >= 0.6 is 11.3 Å². The van der Waals surface area contributed by atoms with Gasteiger partial charge in [-0.3, -0.25) is 0 Å². The molecule has 0 N–H and O–H groups in total. The van der Waals surface area contributed by atoms with E-state index in [1.807, 2.05) is 0 Å². The van der Waals surface area contributed by atoms with E-state index < -0.39 is 0 Å². The summed E-state index contributed by atoms with van der Waals surface area (Å²) in [6, 6.07) is 0. The van der Waals surface area contributed by atoms with E-state index in [-0.39, 0.29) is 6.29 Å². The number of ether oxygens (including phenoxy) is 2. The highest BCUT2D eigenvalue weighted by atomic mass is 32.1. The summed E-state index contributed by atoms with van der Waals surface area (Å²) >= 11 is 1.76. The summed E-state index contributed by atoms with van der Waals surface area (Å²) in [7, 11) is 3.31. The van der Waals surface area contributed by atoms with Crippen LogP contribution < -0.4 is 0 Å². The molecule has 0 radical (unpaired) electrons. The molecule has 4 heteroatoms. The van der Waals surface area contributed by atoms with Crippen molar-refractivity contribution in [3.05, 3.63) is 16.1 Å². The highest BCUT2D eigenvalue weighted by molar-refractivity contribution is 7.09. The van der Waals surface area contributed by atoms with Crippen LogP contribution in [0.3, 0.4) is 0 Å². The maximum atomic E-state index is 5.25. The van der Waals surface area contributed by atoms with E-state index in [1.54, 1.807) is 25.6 Å². The van der Waals surface area contributed by atoms with Gasteiger partial charge in [0.15, 0.2) is 0 Å². The first-order valence-corrected chi connectivity index (χ1v) is 7.74. The van der Waals surface area contributed by atoms with Gasteiger partial charge in [0.2, 0.25) is 6.29 Å². The Bertz CT molecular complexity index is 341. The molecule has 1 fully saturated rings. The monoisotopic (exact) mass is 269 g/mol. The predicted molar refractivity (Wildman–Crippen MR) is 73.9 cm³/mol. The Morgan fingerprint density at radius 1 is 1.11 bits per heavy atom. The van der Waals surface area contributed by atoms with Crippen molar-refractivity contribution < 1.29 is 9.47 Å². The highest BCUT2D eigenvalue weighted by Gasteiger charge is 2.19. The van der Waals surface area contributed by atoms with Crippen molar-refractivity contribution in [3.8, 4) is 0 Å². The molecule has 1 aliphatic rings. The summed E-state index contributed by atoms with van der Waals surface area (Å²) in [5, 5.41) is 3.34. The Morgan fingerprint density at radius 2 is 1.72 bits per heavy atom. The number of hydrogen-bond donors (Lipinski definition) is 0. The molecule has 1 aromatic rings. The molecule has 1 saturated carbocycles. The molecule has 18 heavy (non-hydrogen) atoms. The van der Waals surface area contributed by atoms with E-state index in [1.165, 1.54) is 50.0 Å². The van der Waals surface area contributed by atoms with E-state index in [0.717, 1.165) is 5.69 Å². The lowest BCUT2D eigenvalue weighted by Gasteiger charge is -2.17. The lowest BCUT2D eigenvalue weighted by Crippen LogP contribution is -2.06. The SMILES string of the molecule is COC(OC)c1csc(C2CCCCCCC2)n1. The fourth-order valence-corrected chi connectivity index (χ4v) is 3.63. The van der Waals surface area contributed by atoms with Crippen molar-refractivity contribution in [1.82, 2.24) is 4.98 Å². The molecule has 1 aliphatic carbocycles. The van der Waals surface area contributed by atoms with Crippen molar-refractivity contribution in [2.75, 3.05) is 14.2 Å². The summed E-state index contributed by atoms with van der Waals surface area (Å²) in [6.45, 7) is 0. The van der Waals surface area contributed by atoms with Crippen molar-refractivity contribution in [2.24, 2.45) is 0 Å². The molecule has 3 nitrogen and oxygen atoms in total. The molecular weight excluding hydrogens is 246 g/mol. The zero-order valence-corrected chi connectivity index (χ0v) is 12.2. The second-order valence-electron chi connectivity index (χ2n) is 4.96. The maximum absolute atomic E-state index is 5.25. The third-order valence-electron chi connectivity index (χ3n) is 3.66. The topological polar surface area (TPSA) is 31.4 Å². The van der Waals surface area contributed by atoms with Gasteiger partial charge in [0, 0.05) is 25.5 Å². The van der Waals surface area contributed by atoms with Crippen LogP contribution in [0.4, 0.5) is 0 Å². The summed E-state index contributed by atoms with van der Waals surface area (Å²) in [5.74, 6) is 0.651. The fraction of sp³-hybridized carbons (Fsp3) is 0.786. The summed E-state index contributed by atoms with van der Waals surface area (Å²) in [4.78, 5) is 4.72. The predicted octanol–water partition coefficient (Wildman–Crippen LogP) is 4.26. The average molecular weight is 269 g/mol. The Kier molecular flexibility index (Phi) is 5.60. The van der Waals surface area contributed by atoms with E-state index >= 15 is 0 Å². The quantitative estimate of drug-likeness (QED) is 0.765. The Labute approximate surface area is 114 Å². The first-order chi connectivity index (χ1) is 8.85. The Hall–Kier alpha value is -0.450. The lowest BCUT2D eigenvalue weighted by molar-refractivity contribution is -0.108. The summed E-state index contributed by atoms with van der Waals surface area (Å²) in [6.07, 6.45) is 9.12. The summed E-state index contributed by atoms with van der Waals surface area (Å²) in [5.41, 5.74) is 0.919. The van der Waals surface area contributed by atoms with Gasteiger partial charge >= 0.3 is 0 Å². The van der Waals surface area contributed by atoms with Crippen LogP contribution in [0.2, 0.25) is 0 Å². The normalized spacial score (nSPS) is 18.8. The van der Waals surface area contributed by atoms with Crippen molar-refractivity contribution in [2.45, 2.75) is 57.2 Å². The molecule has 102 valence electrons. The van der Waals surface area contributed by atoms with Crippen LogP contribution in [0, 0.1) is 0 Å². The van der Waals surface area contributed by atoms with Gasteiger partial charge in [-0.25, -0.2) is 4.98 Å². The third-order valence-corrected chi connectivity index (χ3v) is 4.69. The molecular formula is C14H23NO2S. The Balaban J connectivity index is 2.03. The average Bonchev–Trinajstić information content (AvgIpc) is 2.80. The zero-order chi connectivity index (χ0) is 12.8. The molecule has 0 spiro atoms. The smallest absolute Gasteiger partial charge is 0.201 e. The van der Waals surface area contributed by atoms with Gasteiger partial charge in [-0.1, -0.05) is 32.1 Å². The van der Waals surface area contributed by atoms with Crippen molar-refractivity contribution in [3.63, 3.8) is 0 Å². The zero-order valence-electron chi connectivity index (χ0n) is 11.4. The van der Waals surface area contributed by atoms with E-state index in [2.05, 4.69) is 5.38 Å². The molecule has 0 bridgehead atoms.